The first-order valence-electron chi connectivity index (χ1n) is 4.69. The Morgan fingerprint density at radius 3 is 2.75 bits per heavy atom. The van der Waals surface area contributed by atoms with Crippen molar-refractivity contribution < 1.29 is 8.42 Å². The smallest absolute Gasteiger partial charge is 0.173 e. The zero-order valence-electron chi connectivity index (χ0n) is 8.35. The van der Waals surface area contributed by atoms with Crippen molar-refractivity contribution in [2.75, 3.05) is 16.8 Å². The van der Waals surface area contributed by atoms with Crippen LogP contribution in [0.4, 0.5) is 11.4 Å². The van der Waals surface area contributed by atoms with E-state index < -0.39 is 9.84 Å². The van der Waals surface area contributed by atoms with Crippen LogP contribution in [0.25, 0.3) is 0 Å². The summed E-state index contributed by atoms with van der Waals surface area (Å²) in [7, 11) is -3.03. The Morgan fingerprint density at radius 1 is 1.44 bits per heavy atom. The van der Waals surface area contributed by atoms with Crippen molar-refractivity contribution in [2.45, 2.75) is 6.04 Å². The highest BCUT2D eigenvalue weighted by molar-refractivity contribution is 9.10. The fourth-order valence-corrected chi connectivity index (χ4v) is 3.14. The minimum Gasteiger partial charge on any atom is -0.397 e. The van der Waals surface area contributed by atoms with Gasteiger partial charge >= 0.3 is 0 Å². The molecule has 1 aliphatic rings. The molecule has 1 aromatic carbocycles. The molecule has 1 unspecified atom stereocenters. The topological polar surface area (TPSA) is 72.2 Å². The number of nitrogen functional groups attached to an aromatic ring is 1. The Morgan fingerprint density at radius 2 is 2.19 bits per heavy atom. The van der Waals surface area contributed by atoms with E-state index in [2.05, 4.69) is 21.2 Å². The number of benzene rings is 1. The number of rotatable bonds is 2. The van der Waals surface area contributed by atoms with E-state index in [0.29, 0.717) is 5.69 Å². The molecule has 16 heavy (non-hydrogen) atoms. The van der Waals surface area contributed by atoms with Gasteiger partial charge in [0, 0.05) is 9.88 Å². The van der Waals surface area contributed by atoms with Crippen LogP contribution in [0, 0.1) is 0 Å². The molecule has 6 heteroatoms. The number of nitrogens with one attached hydrogen (secondary N) is 1. The number of sulfone groups is 1. The Hall–Kier alpha value is -1.01. The van der Waals surface area contributed by atoms with Gasteiger partial charge in [0.15, 0.2) is 9.84 Å². The molecule has 1 atom stereocenters. The summed E-state index contributed by atoms with van der Waals surface area (Å²) < 4.78 is 23.3. The molecule has 86 valence electrons. The first kappa shape index (κ1) is 11.5. The summed E-state index contributed by atoms with van der Waals surface area (Å²) in [5.74, 6) is 0.0858. The largest absolute Gasteiger partial charge is 0.397 e. The van der Waals surface area contributed by atoms with Crippen LogP contribution in [0.2, 0.25) is 0 Å². The average molecular weight is 303 g/mol. The van der Waals surface area contributed by atoms with Crippen molar-refractivity contribution in [2.24, 2.45) is 0 Å². The van der Waals surface area contributed by atoms with Crippen molar-refractivity contribution in [3.05, 3.63) is 34.2 Å². The van der Waals surface area contributed by atoms with Gasteiger partial charge in [-0.1, -0.05) is 22.0 Å². The quantitative estimate of drug-likeness (QED) is 0.817. The zero-order chi connectivity index (χ0) is 11.8. The van der Waals surface area contributed by atoms with Gasteiger partial charge in [-0.2, -0.15) is 0 Å². The monoisotopic (exact) mass is 302 g/mol. The number of nitrogens with two attached hydrogens (primary N) is 1. The van der Waals surface area contributed by atoms with Crippen LogP contribution in [0.5, 0.6) is 0 Å². The number of hydrogen-bond acceptors (Lipinski definition) is 4. The first-order chi connectivity index (χ1) is 7.46. The van der Waals surface area contributed by atoms with E-state index in [1.807, 2.05) is 12.1 Å². The summed E-state index contributed by atoms with van der Waals surface area (Å²) in [5, 5.41) is 4.32. The molecule has 0 spiro atoms. The summed E-state index contributed by atoms with van der Waals surface area (Å²) in [6.45, 7) is 0. The standard InChI is InChI=1S/C10H11BrN2O2S/c11-7-1-2-10(9(12)5-7)13-8-3-4-16(14,15)6-8/h1-5,8,13H,6,12H2. The van der Waals surface area contributed by atoms with E-state index in [-0.39, 0.29) is 11.8 Å². The molecule has 1 heterocycles. The van der Waals surface area contributed by atoms with Crippen molar-refractivity contribution >= 4 is 37.1 Å². The number of hydrogen-bond donors (Lipinski definition) is 2. The molecule has 0 fully saturated rings. The molecule has 0 saturated carbocycles. The van der Waals surface area contributed by atoms with Gasteiger partial charge in [0.25, 0.3) is 0 Å². The number of anilines is 2. The molecule has 0 amide bonds. The minimum absolute atomic E-state index is 0.0858. The predicted octanol–water partition coefficient (Wildman–Crippen LogP) is 1.75. The predicted molar refractivity (Wildman–Crippen MR) is 68.9 cm³/mol. The Balaban J connectivity index is 2.14. The third kappa shape index (κ3) is 2.56. The van der Waals surface area contributed by atoms with Gasteiger partial charge in [-0.25, -0.2) is 8.42 Å². The zero-order valence-corrected chi connectivity index (χ0v) is 10.8. The van der Waals surface area contributed by atoms with E-state index in [1.165, 1.54) is 5.41 Å². The highest BCUT2D eigenvalue weighted by atomic mass is 79.9. The first-order valence-corrected chi connectivity index (χ1v) is 7.20. The van der Waals surface area contributed by atoms with Gasteiger partial charge in [0.05, 0.1) is 23.2 Å². The summed E-state index contributed by atoms with van der Waals surface area (Å²) in [4.78, 5) is 0. The molecule has 0 saturated heterocycles. The van der Waals surface area contributed by atoms with E-state index in [9.17, 15) is 8.42 Å². The normalized spacial score (nSPS) is 22.2. The maximum Gasteiger partial charge on any atom is 0.173 e. The number of halogens is 1. The van der Waals surface area contributed by atoms with Crippen molar-refractivity contribution in [1.82, 2.24) is 0 Å². The van der Waals surface area contributed by atoms with Gasteiger partial charge < -0.3 is 11.1 Å². The van der Waals surface area contributed by atoms with Crippen LogP contribution in [0.3, 0.4) is 0 Å². The van der Waals surface area contributed by atoms with E-state index in [4.69, 9.17) is 5.73 Å². The van der Waals surface area contributed by atoms with Crippen molar-refractivity contribution in [3.63, 3.8) is 0 Å². The lowest BCUT2D eigenvalue weighted by Gasteiger charge is -2.13. The van der Waals surface area contributed by atoms with Crippen molar-refractivity contribution in [1.29, 1.82) is 0 Å². The summed E-state index contributed by atoms with van der Waals surface area (Å²) in [5.41, 5.74) is 7.14. The van der Waals surface area contributed by atoms with E-state index in [0.717, 1.165) is 10.2 Å². The second-order valence-corrected chi connectivity index (χ2v) is 6.49. The van der Waals surface area contributed by atoms with Crippen LogP contribution in [-0.2, 0) is 9.84 Å². The third-order valence-corrected chi connectivity index (χ3v) is 4.17. The van der Waals surface area contributed by atoms with Crippen LogP contribution >= 0.6 is 15.9 Å². The molecular weight excluding hydrogens is 292 g/mol. The Kier molecular flexibility index (Phi) is 2.94. The highest BCUT2D eigenvalue weighted by Crippen LogP contribution is 2.25. The molecule has 0 bridgehead atoms. The Bertz CT molecular complexity index is 540. The second-order valence-electron chi connectivity index (χ2n) is 3.64. The van der Waals surface area contributed by atoms with E-state index in [1.54, 1.807) is 12.1 Å². The maximum atomic E-state index is 11.2. The fraction of sp³-hybridized carbons (Fsp3) is 0.200. The van der Waals surface area contributed by atoms with Gasteiger partial charge in [0.2, 0.25) is 0 Å². The van der Waals surface area contributed by atoms with Crippen LogP contribution < -0.4 is 11.1 Å². The average Bonchev–Trinajstić information content (AvgIpc) is 2.51. The molecule has 2 rings (SSSR count). The van der Waals surface area contributed by atoms with Crippen molar-refractivity contribution in [3.8, 4) is 0 Å². The highest BCUT2D eigenvalue weighted by Gasteiger charge is 2.21. The minimum atomic E-state index is -3.03. The van der Waals surface area contributed by atoms with Gasteiger partial charge in [-0.05, 0) is 18.2 Å². The molecule has 0 radical (unpaired) electrons. The van der Waals surface area contributed by atoms with Gasteiger partial charge in [-0.3, -0.25) is 0 Å². The van der Waals surface area contributed by atoms with Gasteiger partial charge in [-0.15, -0.1) is 0 Å². The molecule has 1 aliphatic heterocycles. The lowest BCUT2D eigenvalue weighted by Crippen LogP contribution is -2.21. The lowest BCUT2D eigenvalue weighted by molar-refractivity contribution is 0.605. The molecule has 1 aromatic rings. The fourth-order valence-electron chi connectivity index (χ4n) is 1.53. The molecule has 0 aromatic heterocycles. The van der Waals surface area contributed by atoms with Crippen LogP contribution in [-0.4, -0.2) is 20.2 Å². The summed E-state index contributed by atoms with van der Waals surface area (Å²) >= 11 is 3.31. The van der Waals surface area contributed by atoms with Gasteiger partial charge in [0.1, 0.15) is 0 Å². The second kappa shape index (κ2) is 4.10. The van der Waals surface area contributed by atoms with E-state index >= 15 is 0 Å². The summed E-state index contributed by atoms with van der Waals surface area (Å²) in [6.07, 6.45) is 1.64. The van der Waals surface area contributed by atoms with Crippen LogP contribution in [0.15, 0.2) is 34.2 Å². The molecule has 0 aliphatic carbocycles. The van der Waals surface area contributed by atoms with Crippen LogP contribution in [0.1, 0.15) is 0 Å². The molecule has 4 nitrogen and oxygen atoms in total. The molecular formula is C10H11BrN2O2S. The molecule has 3 N–H and O–H groups in total. The lowest BCUT2D eigenvalue weighted by atomic mass is 10.2. The third-order valence-electron chi connectivity index (χ3n) is 2.28. The maximum absolute atomic E-state index is 11.2. The Labute approximate surface area is 103 Å². The SMILES string of the molecule is Nc1cc(Br)ccc1NC1C=CS(=O)(=O)C1. The summed E-state index contributed by atoms with van der Waals surface area (Å²) in [6, 6.07) is 5.24.